The minimum Gasteiger partial charge on any atom is -0.312 e. The van der Waals surface area contributed by atoms with E-state index in [0.717, 1.165) is 29.8 Å². The molecule has 1 N–H and O–H groups in total. The third kappa shape index (κ3) is 2.23. The Balaban J connectivity index is 1.76. The average Bonchev–Trinajstić information content (AvgIpc) is 2.84. The van der Waals surface area contributed by atoms with Gasteiger partial charge in [0, 0.05) is 24.7 Å². The maximum Gasteiger partial charge on any atom is 0.158 e. The largest absolute Gasteiger partial charge is 0.312 e. The number of pyridine rings is 1. The molecule has 3 heterocycles. The zero-order valence-corrected chi connectivity index (χ0v) is 11.6. The monoisotopic (exact) mass is 276 g/mol. The highest BCUT2D eigenvalue weighted by Crippen LogP contribution is 2.23. The Morgan fingerprint density at radius 1 is 1.05 bits per heavy atom. The van der Waals surface area contributed by atoms with E-state index < -0.39 is 0 Å². The van der Waals surface area contributed by atoms with E-state index in [1.54, 1.807) is 0 Å². The summed E-state index contributed by atoms with van der Waals surface area (Å²) in [4.78, 5) is 4.50. The first-order chi connectivity index (χ1) is 10.4. The van der Waals surface area contributed by atoms with Crippen LogP contribution in [-0.4, -0.2) is 27.9 Å². The molecule has 0 atom stereocenters. The van der Waals surface area contributed by atoms with Gasteiger partial charge in [-0.3, -0.25) is 0 Å². The fourth-order valence-electron chi connectivity index (χ4n) is 2.56. The van der Waals surface area contributed by atoms with Gasteiger partial charge < -0.3 is 5.32 Å². The van der Waals surface area contributed by atoms with Crippen LogP contribution >= 0.6 is 0 Å². The molecule has 0 spiro atoms. The average molecular weight is 276 g/mol. The molecule has 1 fully saturated rings. The number of benzene rings is 1. The summed E-state index contributed by atoms with van der Waals surface area (Å²) in [6.45, 7) is 1.93. The first-order valence-corrected chi connectivity index (χ1v) is 7.19. The first-order valence-electron chi connectivity index (χ1n) is 7.19. The lowest BCUT2D eigenvalue weighted by atomic mass is 10.2. The molecule has 21 heavy (non-hydrogen) atoms. The zero-order valence-electron chi connectivity index (χ0n) is 11.6. The molecule has 0 amide bonds. The molecule has 0 radical (unpaired) electrons. The van der Waals surface area contributed by atoms with Crippen LogP contribution in [0.15, 0.2) is 48.7 Å². The predicted molar refractivity (Wildman–Crippen MR) is 84.8 cm³/mol. The van der Waals surface area contributed by atoms with Gasteiger partial charge in [-0.1, -0.05) is 36.4 Å². The predicted octanol–water partition coefficient (Wildman–Crippen LogP) is 2.75. The van der Waals surface area contributed by atoms with Gasteiger partial charge in [-0.05, 0) is 23.8 Å². The minimum atomic E-state index is 0.418. The third-order valence-corrected chi connectivity index (χ3v) is 3.83. The lowest BCUT2D eigenvalue weighted by Crippen LogP contribution is -2.43. The van der Waals surface area contributed by atoms with Crippen LogP contribution in [0.4, 0.5) is 0 Å². The summed E-state index contributed by atoms with van der Waals surface area (Å²) in [7, 11) is 0. The van der Waals surface area contributed by atoms with Crippen LogP contribution in [0.1, 0.15) is 17.3 Å². The molecule has 104 valence electrons. The summed E-state index contributed by atoms with van der Waals surface area (Å²) in [6.07, 6.45) is 6.00. The van der Waals surface area contributed by atoms with Gasteiger partial charge >= 0.3 is 0 Å². The van der Waals surface area contributed by atoms with Crippen molar-refractivity contribution < 1.29 is 0 Å². The molecule has 1 aromatic carbocycles. The molecule has 2 aromatic heterocycles. The Labute approximate surface area is 123 Å². The molecule has 4 rings (SSSR count). The van der Waals surface area contributed by atoms with Crippen LogP contribution in [0.2, 0.25) is 0 Å². The van der Waals surface area contributed by atoms with Gasteiger partial charge in [-0.15, -0.1) is 0 Å². The molecule has 1 saturated heterocycles. The second-order valence-electron chi connectivity index (χ2n) is 5.26. The van der Waals surface area contributed by atoms with Crippen LogP contribution in [0, 0.1) is 0 Å². The van der Waals surface area contributed by atoms with E-state index in [1.165, 1.54) is 5.56 Å². The molecular formula is C17H16N4. The Kier molecular flexibility index (Phi) is 3.01. The van der Waals surface area contributed by atoms with E-state index in [0.29, 0.717) is 6.04 Å². The van der Waals surface area contributed by atoms with E-state index in [9.17, 15) is 0 Å². The summed E-state index contributed by atoms with van der Waals surface area (Å²) in [6, 6.07) is 14.7. The second kappa shape index (κ2) is 5.14. The minimum absolute atomic E-state index is 0.418. The normalized spacial score (nSPS) is 15.6. The number of aromatic nitrogens is 3. The number of hydrogen-bond donors (Lipinski definition) is 1. The van der Waals surface area contributed by atoms with Crippen molar-refractivity contribution in [1.29, 1.82) is 0 Å². The Hall–Kier alpha value is -2.46. The van der Waals surface area contributed by atoms with Crippen molar-refractivity contribution in [2.24, 2.45) is 0 Å². The number of fused-ring (bicyclic) bond motifs is 1. The topological polar surface area (TPSA) is 42.7 Å². The van der Waals surface area contributed by atoms with Crippen molar-refractivity contribution in [2.45, 2.75) is 6.04 Å². The summed E-state index contributed by atoms with van der Waals surface area (Å²) in [5, 5.41) is 9.15. The standard InChI is InChI=1S/C17H16N4/c1-2-5-13(6-3-1)8-9-16-15-7-4-10-19-17(15)21(20-16)14-11-18-12-14/h1-10,14,18H,11-12H2/b9-8+. The highest BCUT2D eigenvalue weighted by atomic mass is 15.4. The zero-order chi connectivity index (χ0) is 14.1. The third-order valence-electron chi connectivity index (χ3n) is 3.83. The number of hydrogen-bond acceptors (Lipinski definition) is 3. The summed E-state index contributed by atoms with van der Waals surface area (Å²) in [5.41, 5.74) is 3.12. The Bertz CT molecular complexity index is 785. The smallest absolute Gasteiger partial charge is 0.158 e. The van der Waals surface area contributed by atoms with Crippen LogP contribution < -0.4 is 5.32 Å². The highest BCUT2D eigenvalue weighted by Gasteiger charge is 2.23. The molecule has 4 nitrogen and oxygen atoms in total. The van der Waals surface area contributed by atoms with Gasteiger partial charge in [0.1, 0.15) is 0 Å². The fourth-order valence-corrected chi connectivity index (χ4v) is 2.56. The van der Waals surface area contributed by atoms with Gasteiger partial charge in [0.15, 0.2) is 5.65 Å². The summed E-state index contributed by atoms with van der Waals surface area (Å²) in [5.74, 6) is 0. The molecule has 0 unspecified atom stereocenters. The van der Waals surface area contributed by atoms with Crippen molar-refractivity contribution in [1.82, 2.24) is 20.1 Å². The van der Waals surface area contributed by atoms with Crippen LogP contribution in [0.3, 0.4) is 0 Å². The van der Waals surface area contributed by atoms with E-state index in [2.05, 4.69) is 45.3 Å². The number of nitrogens with one attached hydrogen (secondary N) is 1. The van der Waals surface area contributed by atoms with E-state index >= 15 is 0 Å². The van der Waals surface area contributed by atoms with Crippen molar-refractivity contribution in [2.75, 3.05) is 13.1 Å². The van der Waals surface area contributed by atoms with Crippen molar-refractivity contribution in [3.63, 3.8) is 0 Å². The molecule has 3 aromatic rings. The molecule has 0 saturated carbocycles. The second-order valence-corrected chi connectivity index (χ2v) is 5.26. The lowest BCUT2D eigenvalue weighted by Gasteiger charge is -2.27. The van der Waals surface area contributed by atoms with Gasteiger partial charge in [0.2, 0.25) is 0 Å². The van der Waals surface area contributed by atoms with Crippen molar-refractivity contribution in [3.8, 4) is 0 Å². The fraction of sp³-hybridized carbons (Fsp3) is 0.176. The van der Waals surface area contributed by atoms with Crippen LogP contribution in [0.25, 0.3) is 23.2 Å². The molecule has 1 aliphatic heterocycles. The number of rotatable bonds is 3. The van der Waals surface area contributed by atoms with Gasteiger partial charge in [0.05, 0.1) is 11.7 Å². The molecule has 1 aliphatic rings. The van der Waals surface area contributed by atoms with Gasteiger partial charge in [-0.25, -0.2) is 9.67 Å². The Morgan fingerprint density at radius 2 is 1.90 bits per heavy atom. The molecule has 0 aliphatic carbocycles. The van der Waals surface area contributed by atoms with E-state index in [4.69, 9.17) is 5.10 Å². The quantitative estimate of drug-likeness (QED) is 0.800. The Morgan fingerprint density at radius 3 is 2.67 bits per heavy atom. The van der Waals surface area contributed by atoms with Gasteiger partial charge in [0.25, 0.3) is 0 Å². The highest BCUT2D eigenvalue weighted by molar-refractivity contribution is 5.87. The van der Waals surface area contributed by atoms with Crippen LogP contribution in [0.5, 0.6) is 0 Å². The lowest BCUT2D eigenvalue weighted by molar-refractivity contribution is 0.324. The first kappa shape index (κ1) is 12.3. The van der Waals surface area contributed by atoms with Crippen molar-refractivity contribution >= 4 is 23.2 Å². The molecule has 0 bridgehead atoms. The maximum absolute atomic E-state index is 4.75. The van der Waals surface area contributed by atoms with Gasteiger partial charge in [-0.2, -0.15) is 5.10 Å². The molecular weight excluding hydrogens is 260 g/mol. The van der Waals surface area contributed by atoms with E-state index in [-0.39, 0.29) is 0 Å². The maximum atomic E-state index is 4.75. The SMILES string of the molecule is C(=C\c1nn(C2CNC2)c2ncccc12)/c1ccccc1. The van der Waals surface area contributed by atoms with E-state index in [1.807, 2.05) is 30.5 Å². The van der Waals surface area contributed by atoms with Crippen LogP contribution in [-0.2, 0) is 0 Å². The van der Waals surface area contributed by atoms with Crippen molar-refractivity contribution in [3.05, 3.63) is 59.9 Å². The summed E-state index contributed by atoms with van der Waals surface area (Å²) < 4.78 is 2.05. The molecule has 4 heteroatoms. The number of nitrogens with zero attached hydrogens (tertiary/aromatic N) is 3. The summed E-state index contributed by atoms with van der Waals surface area (Å²) >= 11 is 0.